The molecule has 0 bridgehead atoms. The molecule has 23 heavy (non-hydrogen) atoms. The predicted molar refractivity (Wildman–Crippen MR) is 75.9 cm³/mol. The van der Waals surface area contributed by atoms with Crippen molar-refractivity contribution in [3.05, 3.63) is 18.0 Å². The summed E-state index contributed by atoms with van der Waals surface area (Å²) in [5, 5.41) is 13.9. The highest BCUT2D eigenvalue weighted by atomic mass is 19.4. The maximum absolute atomic E-state index is 12.8. The van der Waals surface area contributed by atoms with Gasteiger partial charge in [-0.05, 0) is 18.9 Å². The highest BCUT2D eigenvalue weighted by Gasteiger charge is 2.55. The van der Waals surface area contributed by atoms with Crippen LogP contribution in [0, 0.1) is 0 Å². The lowest BCUT2D eigenvalue weighted by Gasteiger charge is -2.38. The molecule has 8 heteroatoms. The summed E-state index contributed by atoms with van der Waals surface area (Å²) >= 11 is 0. The van der Waals surface area contributed by atoms with Gasteiger partial charge in [-0.1, -0.05) is 12.8 Å². The number of alkyl halides is 3. The second-order valence-electron chi connectivity index (χ2n) is 6.44. The van der Waals surface area contributed by atoms with Crippen LogP contribution in [0.15, 0.2) is 12.3 Å². The van der Waals surface area contributed by atoms with E-state index in [1.54, 1.807) is 16.9 Å². The Bertz CT molecular complexity index is 571. The van der Waals surface area contributed by atoms with Crippen molar-refractivity contribution in [2.75, 3.05) is 13.1 Å². The minimum Gasteiger partial charge on any atom is -0.380 e. The van der Waals surface area contributed by atoms with Crippen molar-refractivity contribution in [1.29, 1.82) is 0 Å². The average Bonchev–Trinajstić information content (AvgIpc) is 3.17. The molecule has 1 saturated heterocycles. The van der Waals surface area contributed by atoms with Crippen LogP contribution in [0.1, 0.15) is 55.1 Å². The van der Waals surface area contributed by atoms with E-state index in [1.807, 2.05) is 0 Å². The molecule has 2 heterocycles. The number of hydrogen-bond donors (Lipinski definition) is 1. The number of carbonyl (C=O) groups is 1. The van der Waals surface area contributed by atoms with E-state index in [9.17, 15) is 23.1 Å². The van der Waals surface area contributed by atoms with Gasteiger partial charge in [-0.2, -0.15) is 18.3 Å². The number of piperidine rings is 1. The van der Waals surface area contributed by atoms with Crippen LogP contribution in [0.3, 0.4) is 0 Å². The molecule has 2 fully saturated rings. The minimum atomic E-state index is -4.66. The van der Waals surface area contributed by atoms with Crippen molar-refractivity contribution in [1.82, 2.24) is 14.7 Å². The fourth-order valence-corrected chi connectivity index (χ4v) is 3.35. The van der Waals surface area contributed by atoms with Crippen molar-refractivity contribution >= 4 is 5.91 Å². The summed E-state index contributed by atoms with van der Waals surface area (Å²) in [5.74, 6) is -0.369. The zero-order valence-electron chi connectivity index (χ0n) is 12.7. The SMILES string of the molecule is O=C(c1ccn(C2CCCC2)n1)N1CCC(O)(C(F)(F)F)CC1. The Labute approximate surface area is 132 Å². The Hall–Kier alpha value is -1.57. The largest absolute Gasteiger partial charge is 0.417 e. The van der Waals surface area contributed by atoms with E-state index in [0.717, 1.165) is 25.7 Å². The second-order valence-corrected chi connectivity index (χ2v) is 6.44. The summed E-state index contributed by atoms with van der Waals surface area (Å²) in [6.45, 7) is -0.240. The van der Waals surface area contributed by atoms with E-state index in [0.29, 0.717) is 6.04 Å². The molecule has 1 aromatic rings. The standard InChI is InChI=1S/C15H20F3N3O2/c16-15(17,18)14(23)6-9-20(10-7-14)13(22)12-5-8-21(19-12)11-3-1-2-4-11/h5,8,11,23H,1-4,6-7,9-10H2. The molecule has 0 aromatic carbocycles. The summed E-state index contributed by atoms with van der Waals surface area (Å²) in [4.78, 5) is 13.7. The molecule has 1 saturated carbocycles. The van der Waals surface area contributed by atoms with Crippen LogP contribution >= 0.6 is 0 Å². The molecular weight excluding hydrogens is 311 g/mol. The van der Waals surface area contributed by atoms with Gasteiger partial charge in [0.25, 0.3) is 5.91 Å². The van der Waals surface area contributed by atoms with Crippen LogP contribution in [0.5, 0.6) is 0 Å². The lowest BCUT2D eigenvalue weighted by atomic mass is 9.90. The van der Waals surface area contributed by atoms with Gasteiger partial charge in [0.1, 0.15) is 5.69 Å². The summed E-state index contributed by atoms with van der Waals surface area (Å²) < 4.78 is 40.1. The van der Waals surface area contributed by atoms with Crippen LogP contribution in [-0.2, 0) is 0 Å². The van der Waals surface area contributed by atoms with E-state index >= 15 is 0 Å². The smallest absolute Gasteiger partial charge is 0.380 e. The van der Waals surface area contributed by atoms with Gasteiger partial charge < -0.3 is 10.0 Å². The summed E-state index contributed by atoms with van der Waals surface area (Å²) in [5.41, 5.74) is -2.43. The average molecular weight is 331 g/mol. The fourth-order valence-electron chi connectivity index (χ4n) is 3.35. The van der Waals surface area contributed by atoms with E-state index < -0.39 is 24.6 Å². The summed E-state index contributed by atoms with van der Waals surface area (Å²) in [7, 11) is 0. The maximum atomic E-state index is 12.8. The molecule has 2 aliphatic rings. The third-order valence-electron chi connectivity index (χ3n) is 4.93. The molecule has 0 unspecified atom stereocenters. The molecule has 0 radical (unpaired) electrons. The molecule has 1 aliphatic heterocycles. The second kappa shape index (κ2) is 5.81. The third kappa shape index (κ3) is 3.08. The van der Waals surface area contributed by atoms with Crippen LogP contribution in [-0.4, -0.2) is 50.6 Å². The van der Waals surface area contributed by atoms with Crippen molar-refractivity contribution in [3.63, 3.8) is 0 Å². The number of likely N-dealkylation sites (tertiary alicyclic amines) is 1. The molecule has 0 spiro atoms. The molecule has 128 valence electrons. The van der Waals surface area contributed by atoms with Gasteiger partial charge in [-0.15, -0.1) is 0 Å². The van der Waals surface area contributed by atoms with Crippen molar-refractivity contribution in [2.45, 2.75) is 56.3 Å². The van der Waals surface area contributed by atoms with Crippen LogP contribution < -0.4 is 0 Å². The van der Waals surface area contributed by atoms with Gasteiger partial charge >= 0.3 is 6.18 Å². The maximum Gasteiger partial charge on any atom is 0.417 e. The molecular formula is C15H20F3N3O2. The highest BCUT2D eigenvalue weighted by molar-refractivity contribution is 5.92. The van der Waals surface area contributed by atoms with Gasteiger partial charge in [0, 0.05) is 32.1 Å². The number of aliphatic hydroxyl groups is 1. The van der Waals surface area contributed by atoms with Crippen molar-refractivity contribution < 1.29 is 23.1 Å². The van der Waals surface area contributed by atoms with Gasteiger partial charge in [-0.25, -0.2) is 0 Å². The molecule has 3 rings (SSSR count). The minimum absolute atomic E-state index is 0.120. The normalized spacial score (nSPS) is 22.5. The predicted octanol–water partition coefficient (Wildman–Crippen LogP) is 2.53. The van der Waals surface area contributed by atoms with Crippen LogP contribution in [0.4, 0.5) is 13.2 Å². The van der Waals surface area contributed by atoms with Crippen molar-refractivity contribution in [3.8, 4) is 0 Å². The first kappa shape index (κ1) is 16.3. The molecule has 5 nitrogen and oxygen atoms in total. The number of nitrogens with zero attached hydrogens (tertiary/aromatic N) is 3. The molecule has 1 aliphatic carbocycles. The first-order valence-corrected chi connectivity index (χ1v) is 7.94. The highest BCUT2D eigenvalue weighted by Crippen LogP contribution is 2.38. The number of hydrogen-bond acceptors (Lipinski definition) is 3. The van der Waals surface area contributed by atoms with E-state index in [1.165, 1.54) is 4.90 Å². The zero-order valence-corrected chi connectivity index (χ0v) is 12.7. The topological polar surface area (TPSA) is 58.4 Å². The molecule has 1 aromatic heterocycles. The van der Waals surface area contributed by atoms with Crippen molar-refractivity contribution in [2.24, 2.45) is 0 Å². The number of halogens is 3. The first-order chi connectivity index (χ1) is 10.8. The Morgan fingerprint density at radius 1 is 1.26 bits per heavy atom. The fraction of sp³-hybridized carbons (Fsp3) is 0.733. The number of aromatic nitrogens is 2. The number of rotatable bonds is 2. The number of amides is 1. The quantitative estimate of drug-likeness (QED) is 0.906. The zero-order chi connectivity index (χ0) is 16.7. The summed E-state index contributed by atoms with van der Waals surface area (Å²) in [6.07, 6.45) is 0.490. The Morgan fingerprint density at radius 2 is 1.87 bits per heavy atom. The van der Waals surface area contributed by atoms with Crippen LogP contribution in [0.25, 0.3) is 0 Å². The van der Waals surface area contributed by atoms with Gasteiger partial charge in [0.2, 0.25) is 0 Å². The lowest BCUT2D eigenvalue weighted by molar-refractivity contribution is -0.271. The van der Waals surface area contributed by atoms with Gasteiger partial charge in [-0.3, -0.25) is 9.48 Å². The molecule has 0 atom stereocenters. The lowest BCUT2D eigenvalue weighted by Crippen LogP contribution is -2.54. The first-order valence-electron chi connectivity index (χ1n) is 7.94. The molecule has 1 N–H and O–H groups in total. The Morgan fingerprint density at radius 3 is 2.43 bits per heavy atom. The number of carbonyl (C=O) groups excluding carboxylic acids is 1. The van der Waals surface area contributed by atoms with Gasteiger partial charge in [0.15, 0.2) is 5.60 Å². The Kier molecular flexibility index (Phi) is 4.12. The molecule has 1 amide bonds. The van der Waals surface area contributed by atoms with E-state index in [4.69, 9.17) is 0 Å². The Balaban J connectivity index is 1.63. The third-order valence-corrected chi connectivity index (χ3v) is 4.93. The van der Waals surface area contributed by atoms with E-state index in [2.05, 4.69) is 5.10 Å². The van der Waals surface area contributed by atoms with E-state index in [-0.39, 0.29) is 24.7 Å². The van der Waals surface area contributed by atoms with Gasteiger partial charge in [0.05, 0.1) is 6.04 Å². The van der Waals surface area contributed by atoms with Crippen LogP contribution in [0.2, 0.25) is 0 Å². The summed E-state index contributed by atoms with van der Waals surface area (Å²) in [6, 6.07) is 1.93. The monoisotopic (exact) mass is 331 g/mol.